The highest BCUT2D eigenvalue weighted by atomic mass is 16.2. The summed E-state index contributed by atoms with van der Waals surface area (Å²) in [4.78, 5) is 0. The van der Waals surface area contributed by atoms with E-state index < -0.39 is 0 Å². The monoisotopic (exact) mass is 225 g/mol. The van der Waals surface area contributed by atoms with Crippen LogP contribution in [0.3, 0.4) is 0 Å². The van der Waals surface area contributed by atoms with Crippen LogP contribution in [0.4, 0.5) is 0 Å². The molecule has 1 rings (SSSR count). The molecule has 0 aliphatic heterocycles. The Morgan fingerprint density at radius 2 is 2.31 bits per heavy atom. The summed E-state index contributed by atoms with van der Waals surface area (Å²) in [7, 11) is 0. The maximum atomic E-state index is 8.66. The van der Waals surface area contributed by atoms with Crippen molar-refractivity contribution in [2.45, 2.75) is 45.7 Å². The van der Waals surface area contributed by atoms with E-state index in [9.17, 15) is 0 Å². The lowest BCUT2D eigenvalue weighted by Crippen LogP contribution is -2.19. The molecule has 4 heteroatoms. The molecule has 0 fully saturated rings. The summed E-state index contributed by atoms with van der Waals surface area (Å²) in [5, 5.41) is 16.4. The lowest BCUT2D eigenvalue weighted by molar-refractivity contribution is 0.283. The summed E-state index contributed by atoms with van der Waals surface area (Å²) in [6.45, 7) is 6.45. The number of hydrogen-bond acceptors (Lipinski definition) is 3. The van der Waals surface area contributed by atoms with Gasteiger partial charge in [0.05, 0.1) is 5.69 Å². The lowest BCUT2D eigenvalue weighted by atomic mass is 10.2. The average molecular weight is 225 g/mol. The molecule has 0 aromatic carbocycles. The van der Waals surface area contributed by atoms with Crippen LogP contribution in [0.25, 0.3) is 0 Å². The Balaban J connectivity index is 2.33. The van der Waals surface area contributed by atoms with Gasteiger partial charge in [-0.3, -0.25) is 4.68 Å². The second-order valence-corrected chi connectivity index (χ2v) is 4.13. The highest BCUT2D eigenvalue weighted by Gasteiger charge is 2.07. The highest BCUT2D eigenvalue weighted by molar-refractivity contribution is 5.01. The van der Waals surface area contributed by atoms with Gasteiger partial charge in [-0.2, -0.15) is 5.10 Å². The summed E-state index contributed by atoms with van der Waals surface area (Å²) < 4.78 is 2.08. The number of aliphatic hydroxyl groups excluding tert-OH is 1. The molecule has 0 radical (unpaired) electrons. The van der Waals surface area contributed by atoms with Gasteiger partial charge in [-0.25, -0.2) is 0 Å². The second-order valence-electron chi connectivity index (χ2n) is 4.13. The topological polar surface area (TPSA) is 50.1 Å². The fourth-order valence-electron chi connectivity index (χ4n) is 1.63. The zero-order valence-electron chi connectivity index (χ0n) is 10.3. The molecule has 2 N–H and O–H groups in total. The van der Waals surface area contributed by atoms with E-state index >= 15 is 0 Å². The molecule has 1 aromatic rings. The van der Waals surface area contributed by atoms with Crippen LogP contribution in [0.2, 0.25) is 0 Å². The zero-order valence-corrected chi connectivity index (χ0v) is 10.3. The van der Waals surface area contributed by atoms with Crippen molar-refractivity contribution in [3.63, 3.8) is 0 Å². The third kappa shape index (κ3) is 3.94. The van der Waals surface area contributed by atoms with Crippen molar-refractivity contribution in [1.29, 1.82) is 0 Å². The first-order chi connectivity index (χ1) is 7.79. The van der Waals surface area contributed by atoms with Crippen LogP contribution in [0.5, 0.6) is 0 Å². The minimum atomic E-state index is 0.284. The van der Waals surface area contributed by atoms with Crippen LogP contribution < -0.4 is 5.32 Å². The number of aliphatic hydroxyl groups is 1. The maximum Gasteiger partial charge on any atom is 0.0525 e. The van der Waals surface area contributed by atoms with Gasteiger partial charge < -0.3 is 10.4 Å². The highest BCUT2D eigenvalue weighted by Crippen LogP contribution is 2.11. The Hall–Kier alpha value is -0.870. The summed E-state index contributed by atoms with van der Waals surface area (Å²) >= 11 is 0. The van der Waals surface area contributed by atoms with Crippen LogP contribution in [0.15, 0.2) is 12.3 Å². The van der Waals surface area contributed by atoms with Gasteiger partial charge in [0.1, 0.15) is 0 Å². The van der Waals surface area contributed by atoms with E-state index in [-0.39, 0.29) is 6.61 Å². The molecule has 1 aromatic heterocycles. The number of nitrogens with one attached hydrogen (secondary N) is 1. The lowest BCUT2D eigenvalue weighted by Gasteiger charge is -2.14. The van der Waals surface area contributed by atoms with E-state index in [2.05, 4.69) is 35.0 Å². The van der Waals surface area contributed by atoms with Gasteiger partial charge in [0.15, 0.2) is 0 Å². The summed E-state index contributed by atoms with van der Waals surface area (Å²) in [6.07, 6.45) is 4.85. The van der Waals surface area contributed by atoms with E-state index in [4.69, 9.17) is 5.11 Å². The summed E-state index contributed by atoms with van der Waals surface area (Å²) in [5.74, 6) is 0. The molecule has 0 saturated carbocycles. The van der Waals surface area contributed by atoms with Crippen molar-refractivity contribution in [2.24, 2.45) is 0 Å². The Morgan fingerprint density at radius 3 is 3.00 bits per heavy atom. The van der Waals surface area contributed by atoms with Crippen molar-refractivity contribution < 1.29 is 5.11 Å². The molecule has 0 aliphatic rings. The molecule has 1 atom stereocenters. The molecule has 1 heterocycles. The standard InChI is InChI=1S/C12H23N3O/c1-3-11(2)15-12(6-8-14-15)10-13-7-4-5-9-16/h6,8,11,13,16H,3-5,7,9-10H2,1-2H3/t11-/m0/s1. The van der Waals surface area contributed by atoms with Crippen molar-refractivity contribution in [1.82, 2.24) is 15.1 Å². The molecule has 0 bridgehead atoms. The molecule has 0 amide bonds. The van der Waals surface area contributed by atoms with Crippen LogP contribution in [0.1, 0.15) is 44.8 Å². The normalized spacial score (nSPS) is 12.9. The molecule has 0 aliphatic carbocycles. The van der Waals surface area contributed by atoms with E-state index in [1.54, 1.807) is 0 Å². The van der Waals surface area contributed by atoms with E-state index in [1.165, 1.54) is 5.69 Å². The van der Waals surface area contributed by atoms with E-state index in [0.717, 1.165) is 32.4 Å². The Morgan fingerprint density at radius 1 is 1.50 bits per heavy atom. The van der Waals surface area contributed by atoms with Gasteiger partial charge in [0.25, 0.3) is 0 Å². The number of unbranched alkanes of at least 4 members (excludes halogenated alkanes) is 1. The molecular formula is C12H23N3O. The van der Waals surface area contributed by atoms with E-state index in [1.807, 2.05) is 6.20 Å². The Labute approximate surface area is 97.7 Å². The first-order valence-corrected chi connectivity index (χ1v) is 6.13. The van der Waals surface area contributed by atoms with Crippen LogP contribution in [0, 0.1) is 0 Å². The molecule has 0 unspecified atom stereocenters. The van der Waals surface area contributed by atoms with Gasteiger partial charge in [-0.1, -0.05) is 6.92 Å². The number of rotatable bonds is 8. The minimum absolute atomic E-state index is 0.284. The van der Waals surface area contributed by atoms with Crippen molar-refractivity contribution in [2.75, 3.05) is 13.2 Å². The van der Waals surface area contributed by atoms with Gasteiger partial charge in [0, 0.05) is 25.4 Å². The van der Waals surface area contributed by atoms with Crippen molar-refractivity contribution in [3.8, 4) is 0 Å². The van der Waals surface area contributed by atoms with Crippen LogP contribution in [-0.4, -0.2) is 28.0 Å². The largest absolute Gasteiger partial charge is 0.396 e. The first-order valence-electron chi connectivity index (χ1n) is 6.13. The molecule has 16 heavy (non-hydrogen) atoms. The third-order valence-corrected chi connectivity index (χ3v) is 2.83. The number of aromatic nitrogens is 2. The van der Waals surface area contributed by atoms with Gasteiger partial charge in [-0.15, -0.1) is 0 Å². The maximum absolute atomic E-state index is 8.66. The van der Waals surface area contributed by atoms with E-state index in [0.29, 0.717) is 6.04 Å². The number of nitrogens with zero attached hydrogens (tertiary/aromatic N) is 2. The zero-order chi connectivity index (χ0) is 11.8. The van der Waals surface area contributed by atoms with Crippen molar-refractivity contribution in [3.05, 3.63) is 18.0 Å². The van der Waals surface area contributed by atoms with Crippen molar-refractivity contribution >= 4 is 0 Å². The SMILES string of the molecule is CC[C@H](C)n1nccc1CNCCCCO. The number of hydrogen-bond donors (Lipinski definition) is 2. The predicted octanol–water partition coefficient (Wildman–Crippen LogP) is 1.72. The van der Waals surface area contributed by atoms with Crippen LogP contribution >= 0.6 is 0 Å². The fraction of sp³-hybridized carbons (Fsp3) is 0.750. The second kappa shape index (κ2) is 7.41. The molecule has 0 saturated heterocycles. The Bertz CT molecular complexity index is 286. The third-order valence-electron chi connectivity index (χ3n) is 2.83. The molecule has 0 spiro atoms. The molecule has 4 nitrogen and oxygen atoms in total. The summed E-state index contributed by atoms with van der Waals surface area (Å²) in [5.41, 5.74) is 1.23. The first kappa shape index (κ1) is 13.2. The molecular weight excluding hydrogens is 202 g/mol. The quantitative estimate of drug-likeness (QED) is 0.662. The fourth-order valence-corrected chi connectivity index (χ4v) is 1.63. The van der Waals surface area contributed by atoms with Gasteiger partial charge in [-0.05, 0) is 38.8 Å². The van der Waals surface area contributed by atoms with Crippen LogP contribution in [-0.2, 0) is 6.54 Å². The van der Waals surface area contributed by atoms with Gasteiger partial charge >= 0.3 is 0 Å². The summed E-state index contributed by atoms with van der Waals surface area (Å²) in [6, 6.07) is 2.52. The smallest absolute Gasteiger partial charge is 0.0525 e. The molecule has 92 valence electrons. The Kier molecular flexibility index (Phi) is 6.11. The van der Waals surface area contributed by atoms with Gasteiger partial charge in [0.2, 0.25) is 0 Å². The average Bonchev–Trinajstić information content (AvgIpc) is 2.76. The predicted molar refractivity (Wildman–Crippen MR) is 65.3 cm³/mol. The minimum Gasteiger partial charge on any atom is -0.396 e.